The van der Waals surface area contributed by atoms with Crippen LogP contribution in [0.3, 0.4) is 0 Å². The van der Waals surface area contributed by atoms with Crippen LogP contribution >= 0.6 is 0 Å². The molecule has 0 aromatic heterocycles. The molecule has 0 bridgehead atoms. The van der Waals surface area contributed by atoms with Gasteiger partial charge in [-0.2, -0.15) is 0 Å². The third-order valence-corrected chi connectivity index (χ3v) is 1.46. The van der Waals surface area contributed by atoms with E-state index < -0.39 is 0 Å². The molecule has 0 saturated heterocycles. The summed E-state index contributed by atoms with van der Waals surface area (Å²) >= 11 is 0. The summed E-state index contributed by atoms with van der Waals surface area (Å²) in [5.41, 5.74) is 0. The number of hydrogen-bond donors (Lipinski definition) is 2. The molecule has 80 valence electrons. The van der Waals surface area contributed by atoms with Gasteiger partial charge in [0, 0.05) is 6.54 Å². The van der Waals surface area contributed by atoms with Gasteiger partial charge in [0.1, 0.15) is 18.1 Å². The lowest BCUT2D eigenvalue weighted by molar-refractivity contribution is 0.318. The van der Waals surface area contributed by atoms with Crippen LogP contribution in [0, 0.1) is 0 Å². The molecular weight excluding hydrogens is 178 g/mol. The maximum atomic E-state index is 8.96. The molecule has 3 nitrogen and oxygen atoms in total. The lowest BCUT2D eigenvalue weighted by Gasteiger charge is -2.04. The average Bonchev–Trinajstić information content (AvgIpc) is 2.24. The Bertz CT molecular complexity index is 221. The van der Waals surface area contributed by atoms with Crippen molar-refractivity contribution < 1.29 is 9.84 Å². The summed E-state index contributed by atoms with van der Waals surface area (Å²) in [6.45, 7) is 5.46. The van der Waals surface area contributed by atoms with E-state index in [0.717, 1.165) is 12.3 Å². The normalized spacial score (nSPS) is 8.79. The highest BCUT2D eigenvalue weighted by Crippen LogP contribution is 2.15. The van der Waals surface area contributed by atoms with Crippen molar-refractivity contribution in [3.05, 3.63) is 24.3 Å². The van der Waals surface area contributed by atoms with Crippen LogP contribution in [-0.2, 0) is 0 Å². The van der Waals surface area contributed by atoms with Crippen molar-refractivity contribution in [2.45, 2.75) is 13.8 Å². The Hall–Kier alpha value is -1.22. The maximum absolute atomic E-state index is 8.96. The summed E-state index contributed by atoms with van der Waals surface area (Å²) in [7, 11) is 1.88. The molecule has 0 spiro atoms. The second-order valence-electron chi connectivity index (χ2n) is 2.45. The Labute approximate surface area is 85.7 Å². The number of hydrogen-bond acceptors (Lipinski definition) is 3. The highest BCUT2D eigenvalue weighted by molar-refractivity contribution is 5.29. The first-order valence-corrected chi connectivity index (χ1v) is 4.89. The van der Waals surface area contributed by atoms with Crippen molar-refractivity contribution in [2.24, 2.45) is 0 Å². The number of likely N-dealkylation sites (N-methyl/N-ethyl adjacent to an activating group) is 1. The molecule has 0 amide bonds. The summed E-state index contributed by atoms with van der Waals surface area (Å²) in [5, 5.41) is 11.9. The second-order valence-corrected chi connectivity index (χ2v) is 2.45. The zero-order valence-electron chi connectivity index (χ0n) is 9.08. The quantitative estimate of drug-likeness (QED) is 0.725. The van der Waals surface area contributed by atoms with Gasteiger partial charge < -0.3 is 15.2 Å². The molecule has 3 heteroatoms. The topological polar surface area (TPSA) is 41.5 Å². The van der Waals surface area contributed by atoms with Crippen LogP contribution in [0.25, 0.3) is 0 Å². The van der Waals surface area contributed by atoms with Crippen LogP contribution in [0.2, 0.25) is 0 Å². The van der Waals surface area contributed by atoms with E-state index in [9.17, 15) is 0 Å². The molecule has 1 aromatic carbocycles. The fraction of sp³-hybridized carbons (Fsp3) is 0.455. The van der Waals surface area contributed by atoms with Crippen molar-refractivity contribution in [3.63, 3.8) is 0 Å². The van der Waals surface area contributed by atoms with Gasteiger partial charge in [0.25, 0.3) is 0 Å². The Morgan fingerprint density at radius 2 is 1.79 bits per heavy atom. The standard InChI is InChI=1S/C9H13NO2.C2H6/c1-10-6-7-12-9-4-2-8(11)3-5-9;1-2/h2-5,10-11H,6-7H2,1H3;1-2H3. The van der Waals surface area contributed by atoms with E-state index in [1.807, 2.05) is 20.9 Å². The molecule has 0 atom stereocenters. The van der Waals surface area contributed by atoms with Crippen LogP contribution in [0.1, 0.15) is 13.8 Å². The van der Waals surface area contributed by atoms with E-state index in [2.05, 4.69) is 5.32 Å². The Morgan fingerprint density at radius 3 is 2.29 bits per heavy atom. The van der Waals surface area contributed by atoms with Crippen molar-refractivity contribution >= 4 is 0 Å². The van der Waals surface area contributed by atoms with Gasteiger partial charge in [0.2, 0.25) is 0 Å². The van der Waals surface area contributed by atoms with Gasteiger partial charge in [-0.05, 0) is 31.3 Å². The molecule has 2 N–H and O–H groups in total. The number of aromatic hydroxyl groups is 1. The molecule has 0 aliphatic rings. The lowest BCUT2D eigenvalue weighted by atomic mass is 10.3. The van der Waals surface area contributed by atoms with Crippen molar-refractivity contribution in [1.82, 2.24) is 5.32 Å². The van der Waals surface area contributed by atoms with E-state index in [0.29, 0.717) is 6.61 Å². The molecule has 1 aromatic rings. The summed E-state index contributed by atoms with van der Waals surface area (Å²) in [5.74, 6) is 1.04. The van der Waals surface area contributed by atoms with Gasteiger partial charge in [0.15, 0.2) is 0 Å². The molecule has 0 heterocycles. The molecule has 0 unspecified atom stereocenters. The highest BCUT2D eigenvalue weighted by atomic mass is 16.5. The van der Waals surface area contributed by atoms with Gasteiger partial charge in [-0.25, -0.2) is 0 Å². The summed E-state index contributed by atoms with van der Waals surface area (Å²) in [4.78, 5) is 0. The smallest absolute Gasteiger partial charge is 0.119 e. The van der Waals surface area contributed by atoms with Crippen molar-refractivity contribution in [3.8, 4) is 11.5 Å². The number of ether oxygens (including phenoxy) is 1. The van der Waals surface area contributed by atoms with Gasteiger partial charge in [-0.3, -0.25) is 0 Å². The van der Waals surface area contributed by atoms with Crippen LogP contribution in [0.15, 0.2) is 24.3 Å². The molecule has 0 radical (unpaired) electrons. The molecule has 0 saturated carbocycles. The van der Waals surface area contributed by atoms with Crippen LogP contribution in [0.5, 0.6) is 11.5 Å². The summed E-state index contributed by atoms with van der Waals surface area (Å²) in [6, 6.07) is 6.69. The lowest BCUT2D eigenvalue weighted by Crippen LogP contribution is -2.15. The number of benzene rings is 1. The van der Waals surface area contributed by atoms with E-state index in [1.165, 1.54) is 0 Å². The molecular formula is C11H19NO2. The van der Waals surface area contributed by atoms with Gasteiger partial charge >= 0.3 is 0 Å². The zero-order valence-corrected chi connectivity index (χ0v) is 9.08. The highest BCUT2D eigenvalue weighted by Gasteiger charge is 1.91. The minimum atomic E-state index is 0.260. The van der Waals surface area contributed by atoms with E-state index in [-0.39, 0.29) is 5.75 Å². The SMILES string of the molecule is CC.CNCCOc1ccc(O)cc1. The number of nitrogens with one attached hydrogen (secondary N) is 1. The largest absolute Gasteiger partial charge is 0.508 e. The number of phenolic OH excluding ortho intramolecular Hbond substituents is 1. The first kappa shape index (κ1) is 12.8. The third-order valence-electron chi connectivity index (χ3n) is 1.46. The predicted molar refractivity (Wildman–Crippen MR) is 58.9 cm³/mol. The Kier molecular flexibility index (Phi) is 7.65. The molecule has 0 fully saturated rings. The molecule has 14 heavy (non-hydrogen) atoms. The van der Waals surface area contributed by atoms with Crippen LogP contribution in [-0.4, -0.2) is 25.3 Å². The minimum Gasteiger partial charge on any atom is -0.508 e. The van der Waals surface area contributed by atoms with Crippen molar-refractivity contribution in [2.75, 3.05) is 20.2 Å². The molecule has 0 aliphatic heterocycles. The Balaban J connectivity index is 0.000000791. The van der Waals surface area contributed by atoms with Crippen LogP contribution in [0.4, 0.5) is 0 Å². The first-order chi connectivity index (χ1) is 6.83. The second kappa shape index (κ2) is 8.38. The fourth-order valence-corrected chi connectivity index (χ4v) is 0.813. The number of phenols is 1. The monoisotopic (exact) mass is 197 g/mol. The van der Waals surface area contributed by atoms with Crippen molar-refractivity contribution in [1.29, 1.82) is 0 Å². The van der Waals surface area contributed by atoms with E-state index in [1.54, 1.807) is 24.3 Å². The summed E-state index contributed by atoms with van der Waals surface area (Å²) < 4.78 is 5.33. The maximum Gasteiger partial charge on any atom is 0.119 e. The van der Waals surface area contributed by atoms with E-state index >= 15 is 0 Å². The molecule has 1 rings (SSSR count). The predicted octanol–water partition coefficient (Wildman–Crippen LogP) is 2.02. The first-order valence-electron chi connectivity index (χ1n) is 4.89. The van der Waals surface area contributed by atoms with E-state index in [4.69, 9.17) is 9.84 Å². The fourth-order valence-electron chi connectivity index (χ4n) is 0.813. The van der Waals surface area contributed by atoms with Gasteiger partial charge in [-0.1, -0.05) is 13.8 Å². The van der Waals surface area contributed by atoms with Gasteiger partial charge in [-0.15, -0.1) is 0 Å². The van der Waals surface area contributed by atoms with Crippen LogP contribution < -0.4 is 10.1 Å². The third kappa shape index (κ3) is 5.43. The summed E-state index contributed by atoms with van der Waals surface area (Å²) in [6.07, 6.45) is 0. The zero-order chi connectivity index (χ0) is 10.8. The van der Waals surface area contributed by atoms with Gasteiger partial charge in [0.05, 0.1) is 0 Å². The minimum absolute atomic E-state index is 0.260. The average molecular weight is 197 g/mol. The molecule has 0 aliphatic carbocycles. The number of rotatable bonds is 4. The Morgan fingerprint density at radius 1 is 1.21 bits per heavy atom.